The van der Waals surface area contributed by atoms with Crippen LogP contribution < -0.4 is 10.6 Å². The molecule has 62 valence electrons. The van der Waals surface area contributed by atoms with E-state index in [0.29, 0.717) is 6.04 Å². The molecule has 0 radical (unpaired) electrons. The van der Waals surface area contributed by atoms with E-state index < -0.39 is 0 Å². The first kappa shape index (κ1) is 8.81. The van der Waals surface area contributed by atoms with Crippen molar-refractivity contribution in [2.45, 2.75) is 13.0 Å². The molecular weight excluding hydrogens is 204 g/mol. The molecule has 1 rings (SSSR count). The van der Waals surface area contributed by atoms with Gasteiger partial charge < -0.3 is 10.6 Å². The van der Waals surface area contributed by atoms with Crippen LogP contribution in [-0.2, 0) is 0 Å². The maximum atomic E-state index is 3.42. The Bertz CT molecular complexity index is 196. The van der Waals surface area contributed by atoms with E-state index in [1.807, 2.05) is 13.2 Å². The van der Waals surface area contributed by atoms with Crippen molar-refractivity contribution in [3.05, 3.63) is 22.3 Å². The van der Waals surface area contributed by atoms with Crippen LogP contribution in [0.4, 0.5) is 0 Å². The standard InChI is InChI=1S/C8H13BrN2/c1-6(10-2)7-3-8(9)5-11-4-7/h3,5-6,10-11H,4H2,1-2H3. The molecule has 1 atom stereocenters. The molecule has 1 unspecified atom stereocenters. The normalized spacial score (nSPS) is 19.9. The van der Waals surface area contributed by atoms with Crippen LogP contribution in [-0.4, -0.2) is 19.6 Å². The monoisotopic (exact) mass is 216 g/mol. The highest BCUT2D eigenvalue weighted by molar-refractivity contribution is 9.11. The maximum Gasteiger partial charge on any atom is 0.0373 e. The Morgan fingerprint density at radius 1 is 1.73 bits per heavy atom. The molecule has 2 nitrogen and oxygen atoms in total. The second-order valence-electron chi connectivity index (χ2n) is 2.64. The highest BCUT2D eigenvalue weighted by atomic mass is 79.9. The van der Waals surface area contributed by atoms with Gasteiger partial charge in [0.05, 0.1) is 0 Å². The zero-order valence-corrected chi connectivity index (χ0v) is 8.40. The van der Waals surface area contributed by atoms with Crippen molar-refractivity contribution in [3.63, 3.8) is 0 Å². The predicted octanol–water partition coefficient (Wildman–Crippen LogP) is 1.36. The number of halogens is 1. The largest absolute Gasteiger partial charge is 0.386 e. The molecule has 11 heavy (non-hydrogen) atoms. The van der Waals surface area contributed by atoms with Gasteiger partial charge in [0.15, 0.2) is 0 Å². The highest BCUT2D eigenvalue weighted by Gasteiger charge is 2.08. The van der Waals surface area contributed by atoms with Crippen LogP contribution in [0.15, 0.2) is 22.3 Å². The number of nitrogens with one attached hydrogen (secondary N) is 2. The number of hydrogen-bond acceptors (Lipinski definition) is 2. The first-order chi connectivity index (χ1) is 5.24. The molecule has 0 saturated carbocycles. The van der Waals surface area contributed by atoms with Crippen LogP contribution in [0, 0.1) is 0 Å². The second-order valence-corrected chi connectivity index (χ2v) is 3.56. The molecule has 0 bridgehead atoms. The van der Waals surface area contributed by atoms with Gasteiger partial charge in [0, 0.05) is 23.3 Å². The molecule has 0 amide bonds. The third-order valence-corrected chi connectivity index (χ3v) is 2.32. The summed E-state index contributed by atoms with van der Waals surface area (Å²) in [4.78, 5) is 0. The number of hydrogen-bond donors (Lipinski definition) is 2. The van der Waals surface area contributed by atoms with Gasteiger partial charge >= 0.3 is 0 Å². The predicted molar refractivity (Wildman–Crippen MR) is 51.6 cm³/mol. The summed E-state index contributed by atoms with van der Waals surface area (Å²) < 4.78 is 1.11. The third kappa shape index (κ3) is 2.34. The van der Waals surface area contributed by atoms with Crippen molar-refractivity contribution < 1.29 is 0 Å². The molecular formula is C8H13BrN2. The number of rotatable bonds is 2. The Morgan fingerprint density at radius 3 is 3.00 bits per heavy atom. The van der Waals surface area contributed by atoms with Gasteiger partial charge in [0.25, 0.3) is 0 Å². The summed E-state index contributed by atoms with van der Waals surface area (Å²) in [6.07, 6.45) is 4.11. The molecule has 2 N–H and O–H groups in total. The number of dihydropyridines is 1. The lowest BCUT2D eigenvalue weighted by molar-refractivity contribution is 0.661. The molecule has 0 fully saturated rings. The summed E-state index contributed by atoms with van der Waals surface area (Å²) in [5.41, 5.74) is 1.38. The first-order valence-corrected chi connectivity index (χ1v) is 4.50. The lowest BCUT2D eigenvalue weighted by Gasteiger charge is -2.18. The van der Waals surface area contributed by atoms with Crippen molar-refractivity contribution in [1.29, 1.82) is 0 Å². The summed E-state index contributed by atoms with van der Waals surface area (Å²) in [6.45, 7) is 3.09. The number of likely N-dealkylation sites (N-methyl/N-ethyl adjacent to an activating group) is 1. The van der Waals surface area contributed by atoms with Gasteiger partial charge in [-0.25, -0.2) is 0 Å². The fourth-order valence-corrected chi connectivity index (χ4v) is 1.46. The van der Waals surface area contributed by atoms with Gasteiger partial charge in [-0.1, -0.05) is 0 Å². The molecule has 1 heterocycles. The minimum absolute atomic E-state index is 0.448. The lowest BCUT2D eigenvalue weighted by atomic mass is 10.1. The summed E-state index contributed by atoms with van der Waals surface area (Å²) in [5.74, 6) is 0. The van der Waals surface area contributed by atoms with E-state index in [9.17, 15) is 0 Å². The molecule has 1 aliphatic rings. The minimum atomic E-state index is 0.448. The van der Waals surface area contributed by atoms with Crippen LogP contribution >= 0.6 is 15.9 Å². The third-order valence-electron chi connectivity index (χ3n) is 1.86. The van der Waals surface area contributed by atoms with Gasteiger partial charge in [-0.05, 0) is 41.6 Å². The summed E-state index contributed by atoms with van der Waals surface area (Å²) in [6, 6.07) is 0.448. The average molecular weight is 217 g/mol. The van der Waals surface area contributed by atoms with Crippen molar-refractivity contribution in [1.82, 2.24) is 10.6 Å². The highest BCUT2D eigenvalue weighted by Crippen LogP contribution is 2.14. The Labute approximate surface area is 75.9 Å². The summed E-state index contributed by atoms with van der Waals surface area (Å²) >= 11 is 3.42. The minimum Gasteiger partial charge on any atom is -0.386 e. The van der Waals surface area contributed by atoms with E-state index in [1.54, 1.807) is 0 Å². The van der Waals surface area contributed by atoms with Crippen LogP contribution in [0.5, 0.6) is 0 Å². The SMILES string of the molecule is CNC(C)C1=CC(Br)=CNC1. The quantitative estimate of drug-likeness (QED) is 0.729. The molecule has 0 aromatic carbocycles. The maximum absolute atomic E-state index is 3.42. The lowest BCUT2D eigenvalue weighted by Crippen LogP contribution is -2.30. The Kier molecular flexibility index (Phi) is 3.15. The Hall–Kier alpha value is -0.280. The van der Waals surface area contributed by atoms with E-state index in [2.05, 4.69) is 39.6 Å². The summed E-state index contributed by atoms with van der Waals surface area (Å²) in [7, 11) is 1.97. The van der Waals surface area contributed by atoms with Crippen molar-refractivity contribution >= 4 is 15.9 Å². The Morgan fingerprint density at radius 2 is 2.45 bits per heavy atom. The smallest absolute Gasteiger partial charge is 0.0373 e. The van der Waals surface area contributed by atoms with E-state index >= 15 is 0 Å². The zero-order valence-electron chi connectivity index (χ0n) is 6.82. The molecule has 1 aliphatic heterocycles. The van der Waals surface area contributed by atoms with Crippen LogP contribution in [0.3, 0.4) is 0 Å². The van der Waals surface area contributed by atoms with Gasteiger partial charge in [0.1, 0.15) is 0 Å². The second kappa shape index (κ2) is 3.93. The van der Waals surface area contributed by atoms with Crippen molar-refractivity contribution in [2.24, 2.45) is 0 Å². The first-order valence-electron chi connectivity index (χ1n) is 3.71. The fraction of sp³-hybridized carbons (Fsp3) is 0.500. The molecule has 0 spiro atoms. The van der Waals surface area contributed by atoms with Crippen molar-refractivity contribution in [3.8, 4) is 0 Å². The van der Waals surface area contributed by atoms with Crippen LogP contribution in [0.25, 0.3) is 0 Å². The number of allylic oxidation sites excluding steroid dienone is 2. The van der Waals surface area contributed by atoms with Gasteiger partial charge in [-0.3, -0.25) is 0 Å². The van der Waals surface area contributed by atoms with E-state index in [-0.39, 0.29) is 0 Å². The fourth-order valence-electron chi connectivity index (χ4n) is 1.000. The molecule has 3 heteroatoms. The summed E-state index contributed by atoms with van der Waals surface area (Å²) in [5, 5.41) is 6.38. The van der Waals surface area contributed by atoms with Crippen LogP contribution in [0.1, 0.15) is 6.92 Å². The van der Waals surface area contributed by atoms with Gasteiger partial charge in [-0.2, -0.15) is 0 Å². The topological polar surface area (TPSA) is 24.1 Å². The van der Waals surface area contributed by atoms with E-state index in [1.165, 1.54) is 5.57 Å². The zero-order chi connectivity index (χ0) is 8.27. The van der Waals surface area contributed by atoms with Crippen molar-refractivity contribution in [2.75, 3.05) is 13.6 Å². The molecule has 0 aromatic rings. The molecule has 0 saturated heterocycles. The van der Waals surface area contributed by atoms with Crippen LogP contribution in [0.2, 0.25) is 0 Å². The van der Waals surface area contributed by atoms with Gasteiger partial charge in [0.2, 0.25) is 0 Å². The molecule has 0 aromatic heterocycles. The van der Waals surface area contributed by atoms with Gasteiger partial charge in [-0.15, -0.1) is 0 Å². The van der Waals surface area contributed by atoms with E-state index in [4.69, 9.17) is 0 Å². The van der Waals surface area contributed by atoms with E-state index in [0.717, 1.165) is 11.0 Å². The average Bonchev–Trinajstić information content (AvgIpc) is 2.03. The Balaban J connectivity index is 2.64. The molecule has 0 aliphatic carbocycles.